The van der Waals surface area contributed by atoms with Crippen LogP contribution in [0.1, 0.15) is 31.8 Å². The highest BCUT2D eigenvalue weighted by Gasteiger charge is 2.18. The molecule has 0 unspecified atom stereocenters. The molecule has 0 radical (unpaired) electrons. The zero-order valence-electron chi connectivity index (χ0n) is 24.4. The van der Waals surface area contributed by atoms with Gasteiger partial charge < -0.3 is 26.4 Å². The van der Waals surface area contributed by atoms with Crippen LogP contribution in [0.15, 0.2) is 121 Å². The minimum Gasteiger partial charge on any atom is -0.389 e. The van der Waals surface area contributed by atoms with Gasteiger partial charge in [-0.05, 0) is 71.8 Å². The lowest BCUT2D eigenvalue weighted by Crippen LogP contribution is -2.43. The SMILES string of the molecule is O=C(NCC(O)CNC(=O)C(=Cc1ccc(Cl)cc1)NC(=O)c1ccccc1)C(=Cc1ccc(Cl)cc1)NC(=O)c1ccccc1. The van der Waals surface area contributed by atoms with Gasteiger partial charge in [0.05, 0.1) is 6.10 Å². The summed E-state index contributed by atoms with van der Waals surface area (Å²) in [6.07, 6.45) is 1.74. The lowest BCUT2D eigenvalue weighted by atomic mass is 10.1. The highest BCUT2D eigenvalue weighted by Crippen LogP contribution is 2.14. The molecule has 0 spiro atoms. The molecule has 0 aromatic heterocycles. The van der Waals surface area contributed by atoms with Crippen molar-refractivity contribution in [2.24, 2.45) is 0 Å². The second kappa shape index (κ2) is 16.7. The fourth-order valence-electron chi connectivity index (χ4n) is 4.02. The molecule has 0 bridgehead atoms. The van der Waals surface area contributed by atoms with Gasteiger partial charge in [0, 0.05) is 34.3 Å². The van der Waals surface area contributed by atoms with Crippen LogP contribution in [0.3, 0.4) is 0 Å². The smallest absolute Gasteiger partial charge is 0.267 e. The molecule has 5 N–H and O–H groups in total. The van der Waals surface area contributed by atoms with Crippen molar-refractivity contribution in [1.82, 2.24) is 21.3 Å². The van der Waals surface area contributed by atoms with Gasteiger partial charge in [0.2, 0.25) is 0 Å². The summed E-state index contributed by atoms with van der Waals surface area (Å²) in [6, 6.07) is 30.1. The predicted molar refractivity (Wildman–Crippen MR) is 179 cm³/mol. The molecule has 0 aliphatic heterocycles. The Labute approximate surface area is 275 Å². The first-order chi connectivity index (χ1) is 22.2. The van der Waals surface area contributed by atoms with E-state index in [1.54, 1.807) is 109 Å². The Kier molecular flexibility index (Phi) is 12.3. The quantitative estimate of drug-likeness (QED) is 0.139. The normalized spacial score (nSPS) is 12.1. The number of carbonyl (C=O) groups excluding carboxylic acids is 4. The zero-order chi connectivity index (χ0) is 32.9. The summed E-state index contributed by atoms with van der Waals surface area (Å²) in [5.41, 5.74) is 1.78. The zero-order valence-corrected chi connectivity index (χ0v) is 25.9. The van der Waals surface area contributed by atoms with E-state index < -0.39 is 29.7 Å². The highest BCUT2D eigenvalue weighted by atomic mass is 35.5. The van der Waals surface area contributed by atoms with E-state index in [-0.39, 0.29) is 24.5 Å². The number of aliphatic hydroxyl groups is 1. The van der Waals surface area contributed by atoms with Crippen molar-refractivity contribution in [2.45, 2.75) is 6.10 Å². The maximum Gasteiger partial charge on any atom is 0.267 e. The van der Waals surface area contributed by atoms with Crippen LogP contribution in [0.4, 0.5) is 0 Å². The summed E-state index contributed by atoms with van der Waals surface area (Å²) >= 11 is 11.9. The number of hydrogen-bond donors (Lipinski definition) is 5. The molecule has 0 atom stereocenters. The molecule has 11 heteroatoms. The molecule has 0 aliphatic carbocycles. The first kappa shape index (κ1) is 33.7. The Morgan fingerprint density at radius 1 is 0.565 bits per heavy atom. The van der Waals surface area contributed by atoms with Crippen LogP contribution in [0.5, 0.6) is 0 Å². The van der Waals surface area contributed by atoms with Crippen LogP contribution in [0.2, 0.25) is 10.0 Å². The number of nitrogens with one attached hydrogen (secondary N) is 4. The molecule has 0 fully saturated rings. The first-order valence-corrected chi connectivity index (χ1v) is 14.9. The molecule has 0 saturated carbocycles. The molecule has 4 aromatic rings. The van der Waals surface area contributed by atoms with E-state index in [1.165, 1.54) is 12.2 Å². The minimum absolute atomic E-state index is 0.0655. The van der Waals surface area contributed by atoms with Crippen LogP contribution in [-0.4, -0.2) is 47.9 Å². The van der Waals surface area contributed by atoms with E-state index >= 15 is 0 Å². The minimum atomic E-state index is -1.21. The van der Waals surface area contributed by atoms with Gasteiger partial charge in [0.15, 0.2) is 0 Å². The summed E-state index contributed by atoms with van der Waals surface area (Å²) in [6.45, 7) is -0.518. The van der Waals surface area contributed by atoms with Crippen molar-refractivity contribution in [3.8, 4) is 0 Å². The summed E-state index contributed by atoms with van der Waals surface area (Å²) in [7, 11) is 0. The fourth-order valence-corrected chi connectivity index (χ4v) is 4.27. The largest absolute Gasteiger partial charge is 0.389 e. The Bertz CT molecular complexity index is 1600. The standard InChI is InChI=1S/C35H30Cl2N4O5/c36-27-15-11-23(12-16-27)19-30(40-32(43)25-7-3-1-4-8-25)34(45)38-21-29(42)22-39-35(46)31(20-24-13-17-28(37)18-14-24)41-33(44)26-9-5-2-6-10-26/h1-20,29,42H,21-22H2,(H,38,45)(H,39,46)(H,40,43)(H,41,44). The van der Waals surface area contributed by atoms with E-state index in [2.05, 4.69) is 21.3 Å². The van der Waals surface area contributed by atoms with Crippen LogP contribution in [0, 0.1) is 0 Å². The second-order valence-electron chi connectivity index (χ2n) is 9.93. The molecule has 4 rings (SSSR count). The third-order valence-electron chi connectivity index (χ3n) is 6.42. The lowest BCUT2D eigenvalue weighted by Gasteiger charge is -2.16. The van der Waals surface area contributed by atoms with Crippen LogP contribution in [0.25, 0.3) is 12.2 Å². The number of amides is 4. The molecule has 4 aromatic carbocycles. The van der Waals surface area contributed by atoms with Gasteiger partial charge >= 0.3 is 0 Å². The predicted octanol–water partition coefficient (Wildman–Crippen LogP) is 4.83. The molecule has 0 saturated heterocycles. The molecule has 46 heavy (non-hydrogen) atoms. The van der Waals surface area contributed by atoms with Gasteiger partial charge in [-0.2, -0.15) is 0 Å². The Balaban J connectivity index is 1.40. The lowest BCUT2D eigenvalue weighted by molar-refractivity contribution is -0.118. The summed E-state index contributed by atoms with van der Waals surface area (Å²) < 4.78 is 0. The van der Waals surface area contributed by atoms with Crippen molar-refractivity contribution in [2.75, 3.05) is 13.1 Å². The topological polar surface area (TPSA) is 137 Å². The summed E-state index contributed by atoms with van der Waals surface area (Å²) in [4.78, 5) is 51.9. The van der Waals surface area contributed by atoms with E-state index in [4.69, 9.17) is 23.2 Å². The average molecular weight is 658 g/mol. The molecule has 0 aliphatic rings. The Morgan fingerprint density at radius 3 is 1.26 bits per heavy atom. The monoisotopic (exact) mass is 656 g/mol. The average Bonchev–Trinajstić information content (AvgIpc) is 3.08. The summed E-state index contributed by atoms with van der Waals surface area (Å²) in [5.74, 6) is -2.33. The number of benzene rings is 4. The van der Waals surface area contributed by atoms with Gasteiger partial charge in [0.25, 0.3) is 23.6 Å². The summed E-state index contributed by atoms with van der Waals surface area (Å²) in [5, 5.41) is 22.0. The maximum atomic E-state index is 13.1. The molecule has 234 valence electrons. The maximum absolute atomic E-state index is 13.1. The third-order valence-corrected chi connectivity index (χ3v) is 6.92. The number of halogens is 2. The molecule has 4 amide bonds. The van der Waals surface area contributed by atoms with Gasteiger partial charge in [-0.15, -0.1) is 0 Å². The van der Waals surface area contributed by atoms with Crippen LogP contribution in [-0.2, 0) is 9.59 Å². The van der Waals surface area contributed by atoms with Crippen molar-refractivity contribution < 1.29 is 24.3 Å². The van der Waals surface area contributed by atoms with Gasteiger partial charge in [-0.1, -0.05) is 83.9 Å². The van der Waals surface area contributed by atoms with Crippen LogP contribution < -0.4 is 21.3 Å². The molecule has 9 nitrogen and oxygen atoms in total. The molecular weight excluding hydrogens is 627 g/mol. The number of carbonyl (C=O) groups is 4. The van der Waals surface area contributed by atoms with Crippen molar-refractivity contribution in [3.63, 3.8) is 0 Å². The third kappa shape index (κ3) is 10.4. The Morgan fingerprint density at radius 2 is 0.913 bits per heavy atom. The van der Waals surface area contributed by atoms with Gasteiger partial charge in [-0.3, -0.25) is 19.2 Å². The second-order valence-corrected chi connectivity index (χ2v) is 10.8. The highest BCUT2D eigenvalue weighted by molar-refractivity contribution is 6.30. The van der Waals surface area contributed by atoms with E-state index in [1.807, 2.05) is 0 Å². The van der Waals surface area contributed by atoms with E-state index in [0.29, 0.717) is 32.3 Å². The van der Waals surface area contributed by atoms with Crippen molar-refractivity contribution in [3.05, 3.63) is 153 Å². The first-order valence-electron chi connectivity index (χ1n) is 14.1. The number of aliphatic hydroxyl groups excluding tert-OH is 1. The van der Waals surface area contributed by atoms with Crippen molar-refractivity contribution in [1.29, 1.82) is 0 Å². The Hall–Kier alpha value is -5.22. The van der Waals surface area contributed by atoms with E-state index in [9.17, 15) is 24.3 Å². The molecule has 0 heterocycles. The fraction of sp³-hybridized carbons (Fsp3) is 0.0857. The van der Waals surface area contributed by atoms with Gasteiger partial charge in [-0.25, -0.2) is 0 Å². The van der Waals surface area contributed by atoms with Gasteiger partial charge in [0.1, 0.15) is 11.4 Å². The van der Waals surface area contributed by atoms with Crippen molar-refractivity contribution >= 4 is 59.0 Å². The number of hydrogen-bond acceptors (Lipinski definition) is 5. The van der Waals surface area contributed by atoms with Crippen LogP contribution >= 0.6 is 23.2 Å². The molecular formula is C35H30Cl2N4O5. The number of rotatable bonds is 12. The van der Waals surface area contributed by atoms with E-state index in [0.717, 1.165) is 0 Å².